The molecule has 2 heterocycles. The van der Waals surface area contributed by atoms with Crippen molar-refractivity contribution in [3.8, 4) is 11.3 Å². The summed E-state index contributed by atoms with van der Waals surface area (Å²) in [6.07, 6.45) is -0.670. The summed E-state index contributed by atoms with van der Waals surface area (Å²) in [6, 6.07) is 22.7. The van der Waals surface area contributed by atoms with Gasteiger partial charge in [-0.05, 0) is 12.5 Å². The average molecular weight is 345 g/mol. The van der Waals surface area contributed by atoms with Gasteiger partial charge in [0, 0.05) is 23.4 Å². The summed E-state index contributed by atoms with van der Waals surface area (Å²) >= 11 is 0. The zero-order valence-corrected chi connectivity index (χ0v) is 14.4. The summed E-state index contributed by atoms with van der Waals surface area (Å²) in [4.78, 5) is 12.4. The van der Waals surface area contributed by atoms with Crippen LogP contribution in [0, 0.1) is 6.92 Å². The molecule has 0 saturated heterocycles. The summed E-state index contributed by atoms with van der Waals surface area (Å²) in [5.41, 5.74) is 3.80. The van der Waals surface area contributed by atoms with Gasteiger partial charge in [0.25, 0.3) is 5.56 Å². The smallest absolute Gasteiger partial charge is 0.274 e. The molecule has 0 spiro atoms. The Labute approximate surface area is 150 Å². The van der Waals surface area contributed by atoms with Crippen LogP contribution in [0.1, 0.15) is 17.4 Å². The molecule has 5 nitrogen and oxygen atoms in total. The van der Waals surface area contributed by atoms with Crippen LogP contribution in [0.3, 0.4) is 0 Å². The van der Waals surface area contributed by atoms with E-state index < -0.39 is 6.10 Å². The molecule has 1 N–H and O–H groups in total. The van der Waals surface area contributed by atoms with Gasteiger partial charge < -0.3 is 9.67 Å². The van der Waals surface area contributed by atoms with Crippen molar-refractivity contribution in [2.75, 3.05) is 0 Å². The number of aromatic nitrogens is 3. The largest absolute Gasteiger partial charge is 0.387 e. The second kappa shape index (κ2) is 6.61. The third kappa shape index (κ3) is 2.93. The molecule has 5 heteroatoms. The Hall–Kier alpha value is -3.18. The first kappa shape index (κ1) is 16.3. The first-order chi connectivity index (χ1) is 12.6. The summed E-state index contributed by atoms with van der Waals surface area (Å²) in [5, 5.41) is 15.1. The molecule has 0 radical (unpaired) electrons. The Morgan fingerprint density at radius 1 is 1.00 bits per heavy atom. The maximum Gasteiger partial charge on any atom is 0.274 e. The lowest BCUT2D eigenvalue weighted by Gasteiger charge is -2.17. The van der Waals surface area contributed by atoms with E-state index in [1.807, 2.05) is 78.2 Å². The van der Waals surface area contributed by atoms with E-state index in [1.165, 1.54) is 4.52 Å². The van der Waals surface area contributed by atoms with Crippen molar-refractivity contribution in [2.24, 2.45) is 0 Å². The molecule has 0 bridgehead atoms. The first-order valence-electron chi connectivity index (χ1n) is 8.52. The highest BCUT2D eigenvalue weighted by Crippen LogP contribution is 2.21. The van der Waals surface area contributed by atoms with Crippen LogP contribution < -0.4 is 5.56 Å². The third-order valence-electron chi connectivity index (χ3n) is 4.54. The van der Waals surface area contributed by atoms with E-state index in [0.717, 1.165) is 22.5 Å². The molecule has 130 valence electrons. The third-order valence-corrected chi connectivity index (χ3v) is 4.54. The second-order valence-corrected chi connectivity index (χ2v) is 6.33. The monoisotopic (exact) mass is 345 g/mol. The Balaban J connectivity index is 1.81. The Morgan fingerprint density at radius 3 is 2.35 bits per heavy atom. The molecular weight excluding hydrogens is 326 g/mol. The molecule has 26 heavy (non-hydrogen) atoms. The maximum absolute atomic E-state index is 12.4. The molecule has 0 aliphatic heterocycles. The molecule has 2 aromatic heterocycles. The highest BCUT2D eigenvalue weighted by Gasteiger charge is 2.15. The van der Waals surface area contributed by atoms with Crippen molar-refractivity contribution >= 4 is 5.65 Å². The van der Waals surface area contributed by atoms with Crippen LogP contribution in [0.25, 0.3) is 16.9 Å². The van der Waals surface area contributed by atoms with Gasteiger partial charge in [-0.3, -0.25) is 4.79 Å². The van der Waals surface area contributed by atoms with E-state index in [0.29, 0.717) is 12.2 Å². The van der Waals surface area contributed by atoms with E-state index in [9.17, 15) is 9.90 Å². The lowest BCUT2D eigenvalue weighted by molar-refractivity contribution is 0.156. The minimum atomic E-state index is -0.670. The summed E-state index contributed by atoms with van der Waals surface area (Å²) < 4.78 is 3.32. The number of benzene rings is 2. The predicted octanol–water partition coefficient (Wildman–Crippen LogP) is 3.21. The zero-order valence-electron chi connectivity index (χ0n) is 14.4. The van der Waals surface area contributed by atoms with E-state index in [-0.39, 0.29) is 5.56 Å². The second-order valence-electron chi connectivity index (χ2n) is 6.33. The number of hydrogen-bond donors (Lipinski definition) is 1. The van der Waals surface area contributed by atoms with Crippen molar-refractivity contribution in [3.05, 3.63) is 94.4 Å². The molecule has 1 unspecified atom stereocenters. The van der Waals surface area contributed by atoms with E-state index in [2.05, 4.69) is 5.10 Å². The van der Waals surface area contributed by atoms with Crippen LogP contribution in [0.4, 0.5) is 0 Å². The van der Waals surface area contributed by atoms with E-state index >= 15 is 0 Å². The van der Waals surface area contributed by atoms with Gasteiger partial charge in [0.1, 0.15) is 5.65 Å². The topological polar surface area (TPSA) is 59.5 Å². The van der Waals surface area contributed by atoms with Crippen LogP contribution in [0.2, 0.25) is 0 Å². The van der Waals surface area contributed by atoms with Crippen LogP contribution in [0.15, 0.2) is 77.6 Å². The minimum Gasteiger partial charge on any atom is -0.387 e. The molecule has 0 aliphatic carbocycles. The normalized spacial score (nSPS) is 12.4. The summed E-state index contributed by atoms with van der Waals surface area (Å²) in [6.45, 7) is 2.22. The fraction of sp³-hybridized carbons (Fsp3) is 0.143. The first-order valence-corrected chi connectivity index (χ1v) is 8.52. The number of aliphatic hydroxyl groups excluding tert-OH is 1. The summed E-state index contributed by atoms with van der Waals surface area (Å²) in [5.74, 6) is 0. The maximum atomic E-state index is 12.4. The SMILES string of the molecule is Cc1cc(=O)n2nc(-c3ccccc3)cc2n1CC(O)c1ccccc1. The number of aliphatic hydroxyl groups is 1. The van der Waals surface area contributed by atoms with Gasteiger partial charge in [-0.25, -0.2) is 0 Å². The molecule has 0 aliphatic rings. The number of fused-ring (bicyclic) bond motifs is 1. The zero-order chi connectivity index (χ0) is 18.1. The molecule has 2 aromatic carbocycles. The van der Waals surface area contributed by atoms with E-state index in [4.69, 9.17) is 0 Å². The van der Waals surface area contributed by atoms with E-state index in [1.54, 1.807) is 6.07 Å². The van der Waals surface area contributed by atoms with Crippen LogP contribution in [0.5, 0.6) is 0 Å². The Bertz CT molecular complexity index is 1100. The van der Waals surface area contributed by atoms with Crippen molar-refractivity contribution in [1.29, 1.82) is 0 Å². The lowest BCUT2D eigenvalue weighted by atomic mass is 10.1. The van der Waals surface area contributed by atoms with Gasteiger partial charge >= 0.3 is 0 Å². The average Bonchev–Trinajstić information content (AvgIpc) is 3.12. The van der Waals surface area contributed by atoms with Gasteiger partial charge in [-0.1, -0.05) is 60.7 Å². The van der Waals surface area contributed by atoms with Crippen molar-refractivity contribution in [2.45, 2.75) is 19.6 Å². The molecule has 0 fully saturated rings. The van der Waals surface area contributed by atoms with Gasteiger partial charge in [-0.2, -0.15) is 9.61 Å². The molecule has 4 rings (SSSR count). The van der Waals surface area contributed by atoms with Gasteiger partial charge in [0.15, 0.2) is 0 Å². The Morgan fingerprint density at radius 2 is 1.65 bits per heavy atom. The molecule has 4 aromatic rings. The van der Waals surface area contributed by atoms with Crippen LogP contribution >= 0.6 is 0 Å². The van der Waals surface area contributed by atoms with Gasteiger partial charge in [0.2, 0.25) is 0 Å². The van der Waals surface area contributed by atoms with Gasteiger partial charge in [0.05, 0.1) is 18.3 Å². The van der Waals surface area contributed by atoms with Crippen LogP contribution in [-0.4, -0.2) is 19.3 Å². The number of hydrogen-bond acceptors (Lipinski definition) is 3. The molecular formula is C21H19N3O2. The molecule has 1 atom stereocenters. The standard InChI is InChI=1S/C21H19N3O2/c1-15-12-21(26)24-20(13-18(22-24)16-8-4-2-5-9-16)23(15)14-19(25)17-10-6-3-7-11-17/h2-13,19,25H,14H2,1H3. The molecule has 0 saturated carbocycles. The van der Waals surface area contributed by atoms with Crippen molar-refractivity contribution in [1.82, 2.24) is 14.2 Å². The summed E-state index contributed by atoms with van der Waals surface area (Å²) in [7, 11) is 0. The molecule has 0 amide bonds. The Kier molecular flexibility index (Phi) is 4.14. The highest BCUT2D eigenvalue weighted by molar-refractivity contribution is 5.64. The quantitative estimate of drug-likeness (QED) is 0.618. The van der Waals surface area contributed by atoms with Crippen molar-refractivity contribution < 1.29 is 5.11 Å². The fourth-order valence-electron chi connectivity index (χ4n) is 3.17. The number of aryl methyl sites for hydroxylation is 1. The number of rotatable bonds is 4. The minimum absolute atomic E-state index is 0.176. The number of nitrogens with zero attached hydrogens (tertiary/aromatic N) is 3. The van der Waals surface area contributed by atoms with Crippen LogP contribution in [-0.2, 0) is 6.54 Å². The lowest BCUT2D eigenvalue weighted by Crippen LogP contribution is -2.21. The predicted molar refractivity (Wildman–Crippen MR) is 101 cm³/mol. The van der Waals surface area contributed by atoms with Crippen molar-refractivity contribution in [3.63, 3.8) is 0 Å². The highest BCUT2D eigenvalue weighted by atomic mass is 16.3. The van der Waals surface area contributed by atoms with Gasteiger partial charge in [-0.15, -0.1) is 0 Å². The fourth-order valence-corrected chi connectivity index (χ4v) is 3.17.